The minimum atomic E-state index is -0.897. The average Bonchev–Trinajstić information content (AvgIpc) is 3.87. The van der Waals surface area contributed by atoms with Crippen molar-refractivity contribution in [2.24, 2.45) is 0 Å². The second kappa shape index (κ2) is 14.7. The van der Waals surface area contributed by atoms with Gasteiger partial charge in [-0.25, -0.2) is 0 Å². The minimum absolute atomic E-state index is 0.0555. The van der Waals surface area contributed by atoms with E-state index in [0.29, 0.717) is 49.2 Å². The number of piperidine rings is 2. The Labute approximate surface area is 293 Å². The summed E-state index contributed by atoms with van der Waals surface area (Å²) in [5.74, 6) is 0.522. The van der Waals surface area contributed by atoms with E-state index in [0.717, 1.165) is 93.4 Å². The van der Waals surface area contributed by atoms with Gasteiger partial charge in [-0.2, -0.15) is 10.5 Å². The van der Waals surface area contributed by atoms with Crippen molar-refractivity contribution in [2.75, 3.05) is 39.3 Å². The van der Waals surface area contributed by atoms with E-state index in [1.54, 1.807) is 4.90 Å². The van der Waals surface area contributed by atoms with Crippen molar-refractivity contribution in [3.63, 3.8) is 0 Å². The van der Waals surface area contributed by atoms with Crippen molar-refractivity contribution in [1.29, 1.82) is 5.26 Å². The number of hydrogen-bond donors (Lipinski definition) is 2. The van der Waals surface area contributed by atoms with E-state index in [-0.39, 0.29) is 36.3 Å². The lowest BCUT2D eigenvalue weighted by Gasteiger charge is -2.37. The van der Waals surface area contributed by atoms with Gasteiger partial charge < -0.3 is 20.0 Å². The van der Waals surface area contributed by atoms with Gasteiger partial charge in [0.2, 0.25) is 5.91 Å². The number of carbonyl (C=O) groups is 3. The number of rotatable bonds is 8. The van der Waals surface area contributed by atoms with Crippen LogP contribution >= 0.6 is 0 Å². The lowest BCUT2D eigenvalue weighted by molar-refractivity contribution is -0.130. The van der Waals surface area contributed by atoms with Crippen LogP contribution in [0.1, 0.15) is 114 Å². The number of hydrogen-bond acceptors (Lipinski definition) is 8. The molecule has 0 unspecified atom stereocenters. The number of H-pyrrole nitrogens is 1. The molecule has 7 rings (SSSR count). The Balaban J connectivity index is 1.28. The number of benzene rings is 2. The van der Waals surface area contributed by atoms with Crippen LogP contribution in [0.2, 0.25) is 0 Å². The number of fused-ring (bicyclic) bond motifs is 2. The molecule has 1 aromatic heterocycles. The molecule has 3 saturated heterocycles. The van der Waals surface area contributed by atoms with Gasteiger partial charge in [0.05, 0.1) is 18.0 Å². The Kier molecular flexibility index (Phi) is 9.95. The molecule has 50 heavy (non-hydrogen) atoms. The Morgan fingerprint density at radius 1 is 0.880 bits per heavy atom. The molecule has 2 aromatic carbocycles. The number of tetrazole rings is 1. The van der Waals surface area contributed by atoms with Crippen LogP contribution in [0.15, 0.2) is 36.4 Å². The highest BCUT2D eigenvalue weighted by atomic mass is 16.2. The van der Waals surface area contributed by atoms with Crippen molar-refractivity contribution < 1.29 is 14.4 Å². The predicted molar refractivity (Wildman–Crippen MR) is 186 cm³/mol. The Hall–Kier alpha value is -4.63. The third kappa shape index (κ3) is 6.51. The fourth-order valence-electron chi connectivity index (χ4n) is 8.66. The van der Waals surface area contributed by atoms with Gasteiger partial charge in [0.15, 0.2) is 5.82 Å². The quantitative estimate of drug-likeness (QED) is 0.366. The summed E-state index contributed by atoms with van der Waals surface area (Å²) in [6.07, 6.45) is 9.76. The highest BCUT2D eigenvalue weighted by Crippen LogP contribution is 2.47. The molecular formula is C38H47N9O3. The van der Waals surface area contributed by atoms with Gasteiger partial charge in [-0.15, -0.1) is 10.2 Å². The number of nitrogens with zero attached hydrogens (tertiary/aromatic N) is 7. The van der Waals surface area contributed by atoms with Gasteiger partial charge in [0, 0.05) is 49.9 Å². The summed E-state index contributed by atoms with van der Waals surface area (Å²) in [5, 5.41) is 28.9. The molecule has 2 atom stereocenters. The molecule has 0 bridgehead atoms. The molecule has 3 aromatic rings. The molecule has 0 spiro atoms. The van der Waals surface area contributed by atoms with E-state index < -0.39 is 5.41 Å². The first kappa shape index (κ1) is 33.8. The van der Waals surface area contributed by atoms with Crippen LogP contribution < -0.4 is 5.32 Å². The van der Waals surface area contributed by atoms with Gasteiger partial charge in [-0.05, 0) is 124 Å². The highest BCUT2D eigenvalue weighted by molar-refractivity contribution is 5.95. The molecule has 3 amide bonds. The number of carbonyl (C=O) groups excluding carboxylic acids is 3. The molecule has 12 nitrogen and oxygen atoms in total. The summed E-state index contributed by atoms with van der Waals surface area (Å²) < 4.78 is 0. The second-order valence-electron chi connectivity index (χ2n) is 14.5. The van der Waals surface area contributed by atoms with Crippen molar-refractivity contribution in [2.45, 2.75) is 95.1 Å². The van der Waals surface area contributed by atoms with Crippen molar-refractivity contribution in [3.8, 4) is 6.07 Å². The monoisotopic (exact) mass is 677 g/mol. The van der Waals surface area contributed by atoms with E-state index in [1.807, 2.05) is 41.0 Å². The Bertz CT molecular complexity index is 1670. The number of likely N-dealkylation sites (tertiary alicyclic amines) is 3. The van der Waals surface area contributed by atoms with E-state index >= 15 is 0 Å². The van der Waals surface area contributed by atoms with E-state index in [9.17, 15) is 19.6 Å². The number of aryl methyl sites for hydroxylation is 2. The van der Waals surface area contributed by atoms with Gasteiger partial charge in [-0.3, -0.25) is 14.4 Å². The average molecular weight is 678 g/mol. The van der Waals surface area contributed by atoms with Crippen molar-refractivity contribution in [1.82, 2.24) is 40.6 Å². The summed E-state index contributed by atoms with van der Waals surface area (Å²) in [5.41, 5.74) is 4.51. The zero-order valence-electron chi connectivity index (χ0n) is 29.0. The minimum Gasteiger partial charge on any atom is -0.339 e. The normalized spacial score (nSPS) is 20.7. The smallest absolute Gasteiger partial charge is 0.253 e. The molecule has 12 heteroatoms. The van der Waals surface area contributed by atoms with E-state index in [1.165, 1.54) is 0 Å². The van der Waals surface area contributed by atoms with Crippen LogP contribution in [0, 0.1) is 11.3 Å². The van der Waals surface area contributed by atoms with E-state index in [2.05, 4.69) is 44.1 Å². The Morgan fingerprint density at radius 2 is 1.46 bits per heavy atom. The lowest BCUT2D eigenvalue weighted by atomic mass is 9.67. The Morgan fingerprint density at radius 3 is 1.98 bits per heavy atom. The topological polar surface area (TPSA) is 151 Å². The fraction of sp³-hybridized carbons (Fsp3) is 0.553. The summed E-state index contributed by atoms with van der Waals surface area (Å²) in [6, 6.07) is 13.8. The summed E-state index contributed by atoms with van der Waals surface area (Å²) in [7, 11) is 0. The molecule has 0 saturated carbocycles. The van der Waals surface area contributed by atoms with Gasteiger partial charge in [-0.1, -0.05) is 17.3 Å². The molecule has 3 aliphatic heterocycles. The SMILES string of the molecule is C[C@H](CC1(c2nn[nH]n2)c2ccc(C(=O)N3CCCCC3)cc2CCc2cc(C(=O)N3CCCCC3)ccc21)NCC(=O)N1CCC[C@H]1C#N. The third-order valence-corrected chi connectivity index (χ3v) is 11.2. The zero-order chi connectivity index (χ0) is 34.7. The van der Waals surface area contributed by atoms with Crippen LogP contribution in [0.3, 0.4) is 0 Å². The number of nitrogens with one attached hydrogen (secondary N) is 2. The van der Waals surface area contributed by atoms with Crippen molar-refractivity contribution in [3.05, 3.63) is 75.6 Å². The summed E-state index contributed by atoms with van der Waals surface area (Å²) >= 11 is 0. The molecule has 4 heterocycles. The number of amides is 3. The molecular weight excluding hydrogens is 630 g/mol. The first-order valence-electron chi connectivity index (χ1n) is 18.4. The fourth-order valence-corrected chi connectivity index (χ4v) is 8.66. The third-order valence-electron chi connectivity index (χ3n) is 11.2. The molecule has 262 valence electrons. The first-order chi connectivity index (χ1) is 24.4. The van der Waals surface area contributed by atoms with Crippen LogP contribution in [0.5, 0.6) is 0 Å². The molecule has 4 aliphatic rings. The summed E-state index contributed by atoms with van der Waals surface area (Å²) in [4.78, 5) is 46.2. The summed E-state index contributed by atoms with van der Waals surface area (Å²) in [6.45, 7) is 5.85. The molecule has 2 N–H and O–H groups in total. The largest absolute Gasteiger partial charge is 0.339 e. The van der Waals surface area contributed by atoms with Gasteiger partial charge >= 0.3 is 0 Å². The maximum absolute atomic E-state index is 13.7. The zero-order valence-corrected chi connectivity index (χ0v) is 29.0. The standard InChI is InChI=1S/C38H47N9O3/c1-26(40-25-34(48)47-20-8-9-31(47)24-39)23-38(37-41-43-44-42-37)32-14-12-29(35(49)45-16-4-2-5-17-45)21-27(32)10-11-28-22-30(13-15-33(28)38)36(50)46-18-6-3-7-19-46/h12-15,21-22,26,31,40H,2-11,16-20,23,25H2,1H3,(H,41,42,43,44)/t26-,31+/m1/s1. The first-order valence-corrected chi connectivity index (χ1v) is 18.4. The second-order valence-corrected chi connectivity index (χ2v) is 14.5. The molecule has 0 radical (unpaired) electrons. The van der Waals surface area contributed by atoms with Gasteiger partial charge in [0.1, 0.15) is 6.04 Å². The van der Waals surface area contributed by atoms with Crippen LogP contribution in [-0.2, 0) is 23.1 Å². The molecule has 1 aliphatic carbocycles. The van der Waals surface area contributed by atoms with Gasteiger partial charge in [0.25, 0.3) is 11.8 Å². The number of aromatic amines is 1. The maximum Gasteiger partial charge on any atom is 0.253 e. The van der Waals surface area contributed by atoms with Crippen LogP contribution in [0.25, 0.3) is 0 Å². The van der Waals surface area contributed by atoms with Crippen LogP contribution in [0.4, 0.5) is 0 Å². The van der Waals surface area contributed by atoms with Crippen molar-refractivity contribution >= 4 is 17.7 Å². The molecule has 3 fully saturated rings. The van der Waals surface area contributed by atoms with Crippen LogP contribution in [-0.4, -0.2) is 104 Å². The van der Waals surface area contributed by atoms with E-state index in [4.69, 9.17) is 0 Å². The highest BCUT2D eigenvalue weighted by Gasteiger charge is 2.46. The maximum atomic E-state index is 13.7. The number of aromatic nitrogens is 4. The predicted octanol–water partition coefficient (Wildman–Crippen LogP) is 3.77. The lowest BCUT2D eigenvalue weighted by Crippen LogP contribution is -2.45. The number of nitriles is 1.